The van der Waals surface area contributed by atoms with Crippen LogP contribution in [0.1, 0.15) is 47.6 Å². The third-order valence-electron chi connectivity index (χ3n) is 8.85. The molecule has 46 heavy (non-hydrogen) atoms. The fraction of sp³-hybridized carbons (Fsp3) is 0.533. The molecule has 2 saturated heterocycles. The Morgan fingerprint density at radius 2 is 1.39 bits per heavy atom. The van der Waals surface area contributed by atoms with Crippen molar-refractivity contribution in [3.05, 3.63) is 70.0 Å². The molecule has 1 unspecified atom stereocenters. The Morgan fingerprint density at radius 1 is 0.870 bits per heavy atom. The highest BCUT2D eigenvalue weighted by molar-refractivity contribution is 7.89. The van der Waals surface area contributed by atoms with E-state index in [1.54, 1.807) is 6.92 Å². The number of carbonyl (C=O) groups is 2. The first-order valence-electron chi connectivity index (χ1n) is 14.4. The second-order valence-electron chi connectivity index (χ2n) is 12.4. The van der Waals surface area contributed by atoms with Crippen molar-refractivity contribution in [1.29, 1.82) is 4.78 Å². The smallest absolute Gasteiger partial charge is 0.340 e. The van der Waals surface area contributed by atoms with E-state index in [-0.39, 0.29) is 51.4 Å². The summed E-state index contributed by atoms with van der Waals surface area (Å²) >= 11 is 0. The molecule has 2 aromatic rings. The standard InChI is InChI=1S/C30H36F7N5O3S/c1-18-12-22(31)6-7-23(18)24-16-41(27(44)40-8-10-42(11-9-40)46(5,38)45)17-25(24)39(4)26(43)28(2,3)19-13-20(29(32,33)34)15-21(14-19)30(35,36)37/h6-7,12-15,24-25,38H,8-11,16-17H2,1-5H3/t24-,25+,46?/m0/s1. The van der Waals surface area contributed by atoms with Crippen molar-refractivity contribution in [2.75, 3.05) is 52.6 Å². The van der Waals surface area contributed by atoms with E-state index in [2.05, 4.69) is 0 Å². The van der Waals surface area contributed by atoms with Gasteiger partial charge in [-0.15, -0.1) is 0 Å². The number of carbonyl (C=O) groups excluding carboxylic acids is 2. The third kappa shape index (κ3) is 7.27. The topological polar surface area (TPSA) is 88.0 Å². The third-order valence-corrected chi connectivity index (χ3v) is 10.2. The van der Waals surface area contributed by atoms with Crippen molar-refractivity contribution >= 4 is 21.9 Å². The summed E-state index contributed by atoms with van der Waals surface area (Å²) in [6.45, 7) is 5.06. The monoisotopic (exact) mass is 679 g/mol. The first-order chi connectivity index (χ1) is 21.0. The van der Waals surface area contributed by atoms with Gasteiger partial charge in [-0.3, -0.25) is 4.79 Å². The van der Waals surface area contributed by atoms with Crippen LogP contribution in [0, 0.1) is 17.5 Å². The molecule has 2 aliphatic rings. The van der Waals surface area contributed by atoms with Crippen molar-refractivity contribution in [3.63, 3.8) is 0 Å². The fourth-order valence-corrected chi connectivity index (χ4v) is 7.01. The number of halogens is 7. The molecule has 2 aliphatic heterocycles. The fourth-order valence-electron chi connectivity index (χ4n) is 6.15. The SMILES string of the molecule is Cc1cc(F)ccc1[C@@H]1CN(C(=O)N2CCN(S(C)(=N)=O)CC2)C[C@H]1N(C)C(=O)C(C)(C)c1cc(C(F)(F)F)cc(C(F)(F)F)c1. The van der Waals surface area contributed by atoms with Gasteiger partial charge < -0.3 is 14.7 Å². The predicted molar refractivity (Wildman–Crippen MR) is 157 cm³/mol. The Hall–Kier alpha value is -3.40. The minimum Gasteiger partial charge on any atom is -0.340 e. The summed E-state index contributed by atoms with van der Waals surface area (Å²) in [6.07, 6.45) is -8.90. The molecule has 0 aliphatic carbocycles. The van der Waals surface area contributed by atoms with E-state index in [9.17, 15) is 44.5 Å². The molecule has 2 heterocycles. The summed E-state index contributed by atoms with van der Waals surface area (Å²) in [5.74, 6) is -1.84. The average molecular weight is 680 g/mol. The first-order valence-corrected chi connectivity index (χ1v) is 16.3. The van der Waals surface area contributed by atoms with Gasteiger partial charge in [-0.05, 0) is 67.8 Å². The molecule has 0 saturated carbocycles. The molecule has 2 fully saturated rings. The lowest BCUT2D eigenvalue weighted by atomic mass is 9.80. The van der Waals surface area contributed by atoms with Crippen LogP contribution in [0.15, 0.2) is 36.4 Å². The number of likely N-dealkylation sites (tertiary alicyclic amines) is 1. The van der Waals surface area contributed by atoms with Crippen LogP contribution in [-0.4, -0.2) is 93.8 Å². The lowest BCUT2D eigenvalue weighted by Crippen LogP contribution is -2.54. The van der Waals surface area contributed by atoms with E-state index in [1.807, 2.05) is 0 Å². The van der Waals surface area contributed by atoms with Crippen LogP contribution in [0.4, 0.5) is 35.5 Å². The molecule has 2 aromatic carbocycles. The number of amides is 3. The number of aryl methyl sites for hydroxylation is 1. The van der Waals surface area contributed by atoms with Crippen LogP contribution in [0.25, 0.3) is 0 Å². The number of rotatable bonds is 5. The number of alkyl halides is 6. The molecule has 0 aromatic heterocycles. The van der Waals surface area contributed by atoms with Crippen molar-refractivity contribution in [1.82, 2.24) is 19.0 Å². The Bertz CT molecular complexity index is 1570. The number of hydrogen-bond donors (Lipinski definition) is 1. The lowest BCUT2D eigenvalue weighted by molar-refractivity contribution is -0.144. The molecule has 1 N–H and O–H groups in total. The zero-order valence-electron chi connectivity index (χ0n) is 25.9. The van der Waals surface area contributed by atoms with Crippen molar-refractivity contribution in [2.45, 2.75) is 50.5 Å². The number of nitrogens with one attached hydrogen (secondary N) is 1. The van der Waals surface area contributed by atoms with E-state index < -0.39 is 68.1 Å². The summed E-state index contributed by atoms with van der Waals surface area (Å²) < 4.78 is 117. The van der Waals surface area contributed by atoms with Gasteiger partial charge >= 0.3 is 18.4 Å². The van der Waals surface area contributed by atoms with Crippen molar-refractivity contribution in [3.8, 4) is 0 Å². The predicted octanol–water partition coefficient (Wildman–Crippen LogP) is 5.70. The molecule has 16 heteroatoms. The molecule has 0 bridgehead atoms. The average Bonchev–Trinajstić information content (AvgIpc) is 3.39. The Morgan fingerprint density at radius 3 is 1.87 bits per heavy atom. The van der Waals surface area contributed by atoms with Crippen LogP contribution < -0.4 is 0 Å². The Labute approximate surface area is 263 Å². The van der Waals surface area contributed by atoms with Gasteiger partial charge in [0.1, 0.15) is 15.7 Å². The molecule has 3 atom stereocenters. The van der Waals surface area contributed by atoms with Crippen LogP contribution >= 0.6 is 0 Å². The molecule has 254 valence electrons. The number of piperazine rings is 1. The van der Waals surface area contributed by atoms with E-state index >= 15 is 0 Å². The van der Waals surface area contributed by atoms with Gasteiger partial charge in [0, 0.05) is 58.5 Å². The van der Waals surface area contributed by atoms with Crippen molar-refractivity contribution in [2.24, 2.45) is 0 Å². The summed E-state index contributed by atoms with van der Waals surface area (Å²) in [4.78, 5) is 32.0. The summed E-state index contributed by atoms with van der Waals surface area (Å²) in [5.41, 5.74) is -4.24. The molecule has 0 spiro atoms. The summed E-state index contributed by atoms with van der Waals surface area (Å²) in [7, 11) is -1.57. The van der Waals surface area contributed by atoms with Gasteiger partial charge in [0.05, 0.1) is 22.6 Å². The maximum absolute atomic E-state index is 14.0. The zero-order valence-corrected chi connectivity index (χ0v) is 26.7. The largest absolute Gasteiger partial charge is 0.416 e. The molecular formula is C30H36F7N5O3S. The van der Waals surface area contributed by atoms with Gasteiger partial charge in [-0.25, -0.2) is 22.5 Å². The molecule has 8 nitrogen and oxygen atoms in total. The molecular weight excluding hydrogens is 643 g/mol. The number of hydrogen-bond acceptors (Lipinski definition) is 4. The summed E-state index contributed by atoms with van der Waals surface area (Å²) in [5, 5.41) is 0. The quantitative estimate of drug-likeness (QED) is 0.412. The van der Waals surface area contributed by atoms with E-state index in [0.717, 1.165) is 0 Å². The van der Waals surface area contributed by atoms with Gasteiger partial charge in [0.25, 0.3) is 0 Å². The number of nitrogens with zero attached hydrogens (tertiary/aromatic N) is 4. The van der Waals surface area contributed by atoms with Crippen LogP contribution in [0.3, 0.4) is 0 Å². The Balaban J connectivity index is 1.67. The number of likely N-dealkylation sites (N-methyl/N-ethyl adjacent to an activating group) is 1. The summed E-state index contributed by atoms with van der Waals surface area (Å²) in [6, 6.07) is 4.00. The highest BCUT2D eigenvalue weighted by atomic mass is 32.2. The number of benzene rings is 2. The number of urea groups is 1. The molecule has 3 amide bonds. The van der Waals surface area contributed by atoms with Crippen LogP contribution in [0.5, 0.6) is 0 Å². The second kappa shape index (κ2) is 12.3. The highest BCUT2D eigenvalue weighted by Gasteiger charge is 2.46. The maximum Gasteiger partial charge on any atom is 0.416 e. The van der Waals surface area contributed by atoms with E-state index in [0.29, 0.717) is 23.3 Å². The zero-order chi connectivity index (χ0) is 34.6. The van der Waals surface area contributed by atoms with E-state index in [1.165, 1.54) is 64.4 Å². The van der Waals surface area contributed by atoms with Crippen LogP contribution in [0.2, 0.25) is 0 Å². The van der Waals surface area contributed by atoms with Gasteiger partial charge in [-0.1, -0.05) is 6.07 Å². The van der Waals surface area contributed by atoms with Gasteiger partial charge in [-0.2, -0.15) is 26.3 Å². The first kappa shape index (κ1) is 35.5. The highest BCUT2D eigenvalue weighted by Crippen LogP contribution is 2.41. The van der Waals surface area contributed by atoms with Gasteiger partial charge in [0.15, 0.2) is 0 Å². The molecule has 0 radical (unpaired) electrons. The van der Waals surface area contributed by atoms with Crippen LogP contribution in [-0.2, 0) is 32.5 Å². The molecule has 4 rings (SSSR count). The minimum absolute atomic E-state index is 0.00426. The minimum atomic E-state index is -5.10. The van der Waals surface area contributed by atoms with Gasteiger partial charge in [0.2, 0.25) is 5.91 Å². The lowest BCUT2D eigenvalue weighted by Gasteiger charge is -2.37. The maximum atomic E-state index is 14.0. The Kier molecular flexibility index (Phi) is 9.50. The normalized spacial score (nSPS) is 21.3. The van der Waals surface area contributed by atoms with E-state index in [4.69, 9.17) is 4.78 Å². The van der Waals surface area contributed by atoms with Crippen molar-refractivity contribution < 1.29 is 44.5 Å². The second-order valence-corrected chi connectivity index (χ2v) is 14.5.